The van der Waals surface area contributed by atoms with Gasteiger partial charge in [0.15, 0.2) is 5.96 Å². The Bertz CT molecular complexity index is 1010. The van der Waals surface area contributed by atoms with Crippen LogP contribution in [0.5, 0.6) is 0 Å². The maximum absolute atomic E-state index is 13.2. The number of hydrogen-bond donors (Lipinski definition) is 8. The largest absolute Gasteiger partial charge is 0.480 e. The van der Waals surface area contributed by atoms with E-state index in [1.165, 1.54) is 11.2 Å². The van der Waals surface area contributed by atoms with Gasteiger partial charge in [-0.05, 0) is 32.1 Å². The molecule has 0 aromatic carbocycles. The summed E-state index contributed by atoms with van der Waals surface area (Å²) < 4.78 is 0. The summed E-state index contributed by atoms with van der Waals surface area (Å²) in [4.78, 5) is 73.8. The number of nitrogens with zero attached hydrogens (tertiary/aromatic N) is 3. The number of carbonyl (C=O) groups excluding carboxylic acids is 4. The van der Waals surface area contributed by atoms with Crippen LogP contribution in [0.3, 0.4) is 0 Å². The second-order valence-electron chi connectivity index (χ2n) is 8.99. The number of nitrogens with two attached hydrogens (primary N) is 4. The van der Waals surface area contributed by atoms with Gasteiger partial charge in [-0.15, -0.1) is 0 Å². The van der Waals surface area contributed by atoms with Crippen molar-refractivity contribution in [2.75, 3.05) is 13.1 Å². The fraction of sp³-hybridized carbons (Fsp3) is 0.591. The SMILES string of the molecule is NC(=O)CCC(NC(=O)C(CCCN=C(N)N)NC(=O)C1CCCN1C(=O)C(N)Cc1cnc[nH]1)C(=O)O. The van der Waals surface area contributed by atoms with Gasteiger partial charge in [0.1, 0.15) is 18.1 Å². The number of aliphatic imine (C=N–C) groups is 1. The summed E-state index contributed by atoms with van der Waals surface area (Å²) in [6, 6.07) is -4.29. The lowest BCUT2D eigenvalue weighted by molar-refractivity contribution is -0.143. The number of carboxylic acids is 1. The van der Waals surface area contributed by atoms with Crippen LogP contribution in [0.4, 0.5) is 0 Å². The van der Waals surface area contributed by atoms with E-state index < -0.39 is 53.8 Å². The minimum absolute atomic E-state index is 0.0799. The predicted molar refractivity (Wildman–Crippen MR) is 135 cm³/mol. The van der Waals surface area contributed by atoms with Crippen molar-refractivity contribution in [3.63, 3.8) is 0 Å². The summed E-state index contributed by atoms with van der Waals surface area (Å²) in [7, 11) is 0. The Morgan fingerprint density at radius 3 is 2.50 bits per heavy atom. The number of nitrogens with one attached hydrogen (secondary N) is 3. The van der Waals surface area contributed by atoms with E-state index in [-0.39, 0.29) is 44.6 Å². The average molecular weight is 537 g/mol. The number of amides is 4. The van der Waals surface area contributed by atoms with Crippen LogP contribution < -0.4 is 33.6 Å². The van der Waals surface area contributed by atoms with Crippen LogP contribution in [-0.4, -0.2) is 92.8 Å². The highest BCUT2D eigenvalue weighted by Crippen LogP contribution is 2.19. The van der Waals surface area contributed by atoms with Gasteiger partial charge in [-0.1, -0.05) is 0 Å². The van der Waals surface area contributed by atoms with Crippen LogP contribution in [0.2, 0.25) is 0 Å². The van der Waals surface area contributed by atoms with E-state index in [4.69, 9.17) is 22.9 Å². The molecule has 1 saturated heterocycles. The van der Waals surface area contributed by atoms with E-state index in [1.807, 2.05) is 0 Å². The van der Waals surface area contributed by atoms with Gasteiger partial charge in [0.25, 0.3) is 0 Å². The number of carboxylic acid groups (broad SMARTS) is 1. The number of aromatic amines is 1. The number of imidazole rings is 1. The first-order valence-electron chi connectivity index (χ1n) is 12.2. The third-order valence-electron chi connectivity index (χ3n) is 6.02. The Kier molecular flexibility index (Phi) is 11.5. The van der Waals surface area contributed by atoms with Gasteiger partial charge in [0.2, 0.25) is 23.6 Å². The second-order valence-corrected chi connectivity index (χ2v) is 8.99. The van der Waals surface area contributed by atoms with Gasteiger partial charge < -0.3 is 48.6 Å². The number of aromatic nitrogens is 2. The highest BCUT2D eigenvalue weighted by molar-refractivity contribution is 5.94. The Balaban J connectivity index is 2.10. The number of primary amides is 1. The van der Waals surface area contributed by atoms with Crippen molar-refractivity contribution in [3.05, 3.63) is 18.2 Å². The molecule has 0 saturated carbocycles. The predicted octanol–water partition coefficient (Wildman–Crippen LogP) is -3.36. The molecule has 2 rings (SSSR count). The summed E-state index contributed by atoms with van der Waals surface area (Å²) >= 11 is 0. The molecule has 2 heterocycles. The van der Waals surface area contributed by atoms with Gasteiger partial charge in [-0.25, -0.2) is 9.78 Å². The molecule has 1 fully saturated rings. The Hall–Kier alpha value is -4.21. The van der Waals surface area contributed by atoms with E-state index in [0.29, 0.717) is 25.1 Å². The van der Waals surface area contributed by atoms with Crippen molar-refractivity contribution in [2.45, 2.75) is 69.1 Å². The maximum atomic E-state index is 13.2. The van der Waals surface area contributed by atoms with Crippen molar-refractivity contribution in [1.29, 1.82) is 0 Å². The molecule has 1 aromatic heterocycles. The van der Waals surface area contributed by atoms with E-state index in [9.17, 15) is 29.1 Å². The zero-order valence-corrected chi connectivity index (χ0v) is 21.0. The number of carbonyl (C=O) groups is 5. The van der Waals surface area contributed by atoms with E-state index in [0.717, 1.165) is 0 Å². The Morgan fingerprint density at radius 2 is 1.89 bits per heavy atom. The summed E-state index contributed by atoms with van der Waals surface area (Å²) in [5.41, 5.74) is 22.5. The molecule has 16 nitrogen and oxygen atoms in total. The monoisotopic (exact) mass is 536 g/mol. The summed E-state index contributed by atoms with van der Waals surface area (Å²) in [6.07, 6.45) is 4.07. The minimum atomic E-state index is -1.39. The molecular weight excluding hydrogens is 500 g/mol. The topological polar surface area (TPSA) is 278 Å². The number of aliphatic carboxylic acids is 1. The number of rotatable bonds is 15. The highest BCUT2D eigenvalue weighted by Gasteiger charge is 2.38. The summed E-state index contributed by atoms with van der Waals surface area (Å²) in [5, 5.41) is 14.4. The molecule has 4 atom stereocenters. The van der Waals surface area contributed by atoms with Gasteiger partial charge in [-0.2, -0.15) is 0 Å². The Labute approximate surface area is 219 Å². The standard InChI is InChI=1S/C22H36N10O6/c23-13(9-12-10-27-11-29-12)20(36)32-8-2-4-16(32)19(35)30-14(3-1-7-28-22(25)26)18(34)31-15(21(37)38)5-6-17(24)33/h10-11,13-16H,1-9,23H2,(H2,24,33)(H,27,29)(H,30,35)(H,31,34)(H,37,38)(H4,25,26,28). The van der Waals surface area contributed by atoms with Crippen LogP contribution in [0.1, 0.15) is 44.2 Å². The van der Waals surface area contributed by atoms with Crippen LogP contribution in [-0.2, 0) is 30.4 Å². The minimum Gasteiger partial charge on any atom is -0.480 e. The van der Waals surface area contributed by atoms with Crippen molar-refractivity contribution in [2.24, 2.45) is 27.9 Å². The maximum Gasteiger partial charge on any atom is 0.326 e. The lowest BCUT2D eigenvalue weighted by Gasteiger charge is -2.28. The van der Waals surface area contributed by atoms with Crippen molar-refractivity contribution < 1.29 is 29.1 Å². The molecule has 4 amide bonds. The molecule has 4 unspecified atom stereocenters. The van der Waals surface area contributed by atoms with Crippen LogP contribution >= 0.6 is 0 Å². The molecule has 1 aliphatic rings. The van der Waals surface area contributed by atoms with Gasteiger partial charge in [0.05, 0.1) is 12.4 Å². The first kappa shape index (κ1) is 30.0. The smallest absolute Gasteiger partial charge is 0.326 e. The zero-order valence-electron chi connectivity index (χ0n) is 21.0. The first-order chi connectivity index (χ1) is 18.0. The molecule has 1 aromatic rings. The number of likely N-dealkylation sites (tertiary alicyclic amines) is 1. The molecule has 0 bridgehead atoms. The van der Waals surface area contributed by atoms with Gasteiger partial charge in [-0.3, -0.25) is 24.2 Å². The van der Waals surface area contributed by atoms with E-state index in [1.54, 1.807) is 6.20 Å². The second kappa shape index (κ2) is 14.5. The number of guanidine groups is 1. The molecule has 38 heavy (non-hydrogen) atoms. The first-order valence-corrected chi connectivity index (χ1v) is 12.2. The summed E-state index contributed by atoms with van der Waals surface area (Å²) in [5.74, 6) is -3.97. The quantitative estimate of drug-likeness (QED) is 0.0626. The fourth-order valence-corrected chi connectivity index (χ4v) is 4.09. The lowest BCUT2D eigenvalue weighted by Crippen LogP contribution is -2.56. The van der Waals surface area contributed by atoms with E-state index >= 15 is 0 Å². The molecular formula is C22H36N10O6. The molecule has 0 radical (unpaired) electrons. The molecule has 0 spiro atoms. The van der Waals surface area contributed by atoms with Crippen molar-refractivity contribution >= 4 is 35.6 Å². The third kappa shape index (κ3) is 9.34. The number of hydrogen-bond acceptors (Lipinski definition) is 8. The van der Waals surface area contributed by atoms with Gasteiger partial charge in [0, 0.05) is 37.8 Å². The Morgan fingerprint density at radius 1 is 1.16 bits per heavy atom. The van der Waals surface area contributed by atoms with Crippen molar-refractivity contribution in [1.82, 2.24) is 25.5 Å². The van der Waals surface area contributed by atoms with Crippen LogP contribution in [0.15, 0.2) is 17.5 Å². The third-order valence-corrected chi connectivity index (χ3v) is 6.02. The van der Waals surface area contributed by atoms with Crippen LogP contribution in [0, 0.1) is 0 Å². The lowest BCUT2D eigenvalue weighted by atomic mass is 10.1. The molecule has 1 aliphatic heterocycles. The zero-order chi connectivity index (χ0) is 28.2. The molecule has 210 valence electrons. The molecule has 16 heteroatoms. The normalized spacial score (nSPS) is 17.2. The highest BCUT2D eigenvalue weighted by atomic mass is 16.4. The summed E-state index contributed by atoms with van der Waals surface area (Å²) in [6.45, 7) is 0.492. The van der Waals surface area contributed by atoms with Crippen molar-refractivity contribution in [3.8, 4) is 0 Å². The number of H-pyrrole nitrogens is 1. The van der Waals surface area contributed by atoms with Gasteiger partial charge >= 0.3 is 5.97 Å². The van der Waals surface area contributed by atoms with Crippen LogP contribution in [0.25, 0.3) is 0 Å². The molecule has 12 N–H and O–H groups in total. The van der Waals surface area contributed by atoms with E-state index in [2.05, 4.69) is 25.6 Å². The fourth-order valence-electron chi connectivity index (χ4n) is 4.09. The average Bonchev–Trinajstić information content (AvgIpc) is 3.54. The molecule has 0 aliphatic carbocycles.